The summed E-state index contributed by atoms with van der Waals surface area (Å²) in [5.74, 6) is 6.49. The van der Waals surface area contributed by atoms with Gasteiger partial charge in [-0.2, -0.15) is 0 Å². The minimum atomic E-state index is 0.0110. The zero-order valence-corrected chi connectivity index (χ0v) is 13.1. The Bertz CT molecular complexity index is 342. The van der Waals surface area contributed by atoms with E-state index in [1.807, 2.05) is 18.2 Å². The standard InChI is InChI=1S/C17H30N2O/c1-4-6-10-14(5-2)13-16(19-18)17(20-3)15-11-8-7-9-12-15/h7-9,11-12,14,16-17,19H,4-6,10,13,18H2,1-3H3. The van der Waals surface area contributed by atoms with Crippen molar-refractivity contribution in [2.75, 3.05) is 7.11 Å². The molecular formula is C17H30N2O. The molecule has 0 saturated carbocycles. The average Bonchev–Trinajstić information content (AvgIpc) is 2.51. The Labute approximate surface area is 123 Å². The van der Waals surface area contributed by atoms with E-state index in [2.05, 4.69) is 31.4 Å². The minimum Gasteiger partial charge on any atom is -0.375 e. The largest absolute Gasteiger partial charge is 0.375 e. The Morgan fingerprint density at radius 1 is 1.20 bits per heavy atom. The van der Waals surface area contributed by atoms with E-state index in [1.165, 1.54) is 31.2 Å². The van der Waals surface area contributed by atoms with Crippen LogP contribution >= 0.6 is 0 Å². The summed E-state index contributed by atoms with van der Waals surface area (Å²) in [7, 11) is 1.76. The summed E-state index contributed by atoms with van der Waals surface area (Å²) >= 11 is 0. The van der Waals surface area contributed by atoms with E-state index in [9.17, 15) is 0 Å². The first kappa shape index (κ1) is 17.2. The molecule has 0 aliphatic carbocycles. The van der Waals surface area contributed by atoms with Crippen LogP contribution in [0.1, 0.15) is 57.6 Å². The fraction of sp³-hybridized carbons (Fsp3) is 0.647. The number of methoxy groups -OCH3 is 1. The zero-order valence-electron chi connectivity index (χ0n) is 13.1. The van der Waals surface area contributed by atoms with Crippen molar-refractivity contribution in [2.45, 2.75) is 58.1 Å². The van der Waals surface area contributed by atoms with E-state index in [1.54, 1.807) is 7.11 Å². The summed E-state index contributed by atoms with van der Waals surface area (Å²) in [6.45, 7) is 4.51. The lowest BCUT2D eigenvalue weighted by atomic mass is 9.88. The Kier molecular flexibility index (Phi) is 8.51. The first-order valence-electron chi connectivity index (χ1n) is 7.80. The van der Waals surface area contributed by atoms with Gasteiger partial charge in [0.1, 0.15) is 0 Å². The van der Waals surface area contributed by atoms with Crippen LogP contribution in [0.2, 0.25) is 0 Å². The van der Waals surface area contributed by atoms with Crippen molar-refractivity contribution in [3.63, 3.8) is 0 Å². The van der Waals surface area contributed by atoms with E-state index in [0.29, 0.717) is 5.92 Å². The molecule has 0 aliphatic heterocycles. The molecule has 0 radical (unpaired) electrons. The summed E-state index contributed by atoms with van der Waals surface area (Å²) in [6.07, 6.45) is 6.08. The van der Waals surface area contributed by atoms with Gasteiger partial charge < -0.3 is 4.74 Å². The highest BCUT2D eigenvalue weighted by Crippen LogP contribution is 2.27. The Morgan fingerprint density at radius 2 is 1.90 bits per heavy atom. The van der Waals surface area contributed by atoms with Gasteiger partial charge in [0.2, 0.25) is 0 Å². The first-order chi connectivity index (χ1) is 9.76. The molecule has 114 valence electrons. The molecule has 1 aromatic carbocycles. The number of nitrogens with two attached hydrogens (primary N) is 1. The number of nitrogens with one attached hydrogen (secondary N) is 1. The molecule has 0 bridgehead atoms. The topological polar surface area (TPSA) is 47.3 Å². The molecule has 3 heteroatoms. The third-order valence-electron chi connectivity index (χ3n) is 4.09. The number of rotatable bonds is 10. The van der Waals surface area contributed by atoms with Gasteiger partial charge in [0, 0.05) is 7.11 Å². The van der Waals surface area contributed by atoms with Crippen LogP contribution in [-0.2, 0) is 4.74 Å². The van der Waals surface area contributed by atoms with Gasteiger partial charge in [-0.1, -0.05) is 69.9 Å². The summed E-state index contributed by atoms with van der Waals surface area (Å²) in [6, 6.07) is 10.5. The number of hydrazine groups is 1. The van der Waals surface area contributed by atoms with Crippen LogP contribution in [0.5, 0.6) is 0 Å². The maximum atomic E-state index is 5.79. The van der Waals surface area contributed by atoms with E-state index in [-0.39, 0.29) is 12.1 Å². The van der Waals surface area contributed by atoms with Crippen molar-refractivity contribution >= 4 is 0 Å². The normalized spacial score (nSPS) is 15.8. The van der Waals surface area contributed by atoms with E-state index in [4.69, 9.17) is 10.6 Å². The zero-order chi connectivity index (χ0) is 14.8. The quantitative estimate of drug-likeness (QED) is 0.505. The molecule has 0 aliphatic rings. The van der Waals surface area contributed by atoms with Gasteiger partial charge in [-0.3, -0.25) is 11.3 Å². The van der Waals surface area contributed by atoms with Gasteiger partial charge in [0.15, 0.2) is 0 Å². The molecule has 0 aromatic heterocycles. The molecule has 3 unspecified atom stereocenters. The summed E-state index contributed by atoms with van der Waals surface area (Å²) < 4.78 is 5.70. The van der Waals surface area contributed by atoms with E-state index >= 15 is 0 Å². The predicted octanol–water partition coefficient (Wildman–Crippen LogP) is 3.81. The molecular weight excluding hydrogens is 248 g/mol. The van der Waals surface area contributed by atoms with Crippen molar-refractivity contribution in [3.8, 4) is 0 Å². The second-order valence-electron chi connectivity index (χ2n) is 5.49. The van der Waals surface area contributed by atoms with Crippen LogP contribution in [0.3, 0.4) is 0 Å². The van der Waals surface area contributed by atoms with Crippen LogP contribution in [0.4, 0.5) is 0 Å². The number of unbranched alkanes of at least 4 members (excludes halogenated alkanes) is 1. The number of hydrogen-bond donors (Lipinski definition) is 2. The van der Waals surface area contributed by atoms with Gasteiger partial charge in [0.25, 0.3) is 0 Å². The fourth-order valence-electron chi connectivity index (χ4n) is 2.79. The van der Waals surface area contributed by atoms with Crippen molar-refractivity contribution in [3.05, 3.63) is 35.9 Å². The third kappa shape index (κ3) is 5.23. The second kappa shape index (κ2) is 9.92. The first-order valence-corrected chi connectivity index (χ1v) is 7.80. The molecule has 3 atom stereocenters. The molecule has 20 heavy (non-hydrogen) atoms. The number of benzene rings is 1. The Hall–Kier alpha value is -0.900. The summed E-state index contributed by atoms with van der Waals surface area (Å²) in [4.78, 5) is 0. The molecule has 0 fully saturated rings. The lowest BCUT2D eigenvalue weighted by Crippen LogP contribution is -2.41. The predicted molar refractivity (Wildman–Crippen MR) is 85.2 cm³/mol. The number of ether oxygens (including phenoxy) is 1. The molecule has 1 rings (SSSR count). The highest BCUT2D eigenvalue weighted by molar-refractivity contribution is 5.19. The third-order valence-corrected chi connectivity index (χ3v) is 4.09. The SMILES string of the molecule is CCCCC(CC)CC(NN)C(OC)c1ccccc1. The Balaban J connectivity index is 2.71. The van der Waals surface area contributed by atoms with Crippen molar-refractivity contribution in [1.82, 2.24) is 5.43 Å². The molecule has 3 N–H and O–H groups in total. The van der Waals surface area contributed by atoms with Gasteiger partial charge >= 0.3 is 0 Å². The highest BCUT2D eigenvalue weighted by Gasteiger charge is 2.24. The van der Waals surface area contributed by atoms with Crippen LogP contribution in [0.25, 0.3) is 0 Å². The van der Waals surface area contributed by atoms with Gasteiger partial charge in [-0.05, 0) is 17.9 Å². The fourth-order valence-corrected chi connectivity index (χ4v) is 2.79. The monoisotopic (exact) mass is 278 g/mol. The van der Waals surface area contributed by atoms with E-state index in [0.717, 1.165) is 6.42 Å². The molecule has 3 nitrogen and oxygen atoms in total. The number of hydrogen-bond acceptors (Lipinski definition) is 3. The van der Waals surface area contributed by atoms with Gasteiger partial charge in [-0.15, -0.1) is 0 Å². The molecule has 0 amide bonds. The smallest absolute Gasteiger partial charge is 0.0987 e. The van der Waals surface area contributed by atoms with Crippen LogP contribution < -0.4 is 11.3 Å². The summed E-state index contributed by atoms with van der Waals surface area (Å²) in [5.41, 5.74) is 4.15. The molecule has 0 saturated heterocycles. The minimum absolute atomic E-state index is 0.0110. The van der Waals surface area contributed by atoms with Gasteiger partial charge in [-0.25, -0.2) is 0 Å². The maximum Gasteiger partial charge on any atom is 0.0987 e. The van der Waals surface area contributed by atoms with Gasteiger partial charge in [0.05, 0.1) is 12.1 Å². The van der Waals surface area contributed by atoms with Crippen molar-refractivity contribution in [1.29, 1.82) is 0 Å². The molecule has 0 heterocycles. The van der Waals surface area contributed by atoms with Crippen LogP contribution in [0.15, 0.2) is 30.3 Å². The maximum absolute atomic E-state index is 5.79. The van der Waals surface area contributed by atoms with Crippen molar-refractivity contribution < 1.29 is 4.74 Å². The molecule has 0 spiro atoms. The lowest BCUT2D eigenvalue weighted by molar-refractivity contribution is 0.0579. The van der Waals surface area contributed by atoms with Crippen molar-refractivity contribution in [2.24, 2.45) is 11.8 Å². The summed E-state index contributed by atoms with van der Waals surface area (Å²) in [5, 5.41) is 0. The average molecular weight is 278 g/mol. The van der Waals surface area contributed by atoms with Crippen LogP contribution in [-0.4, -0.2) is 13.2 Å². The molecule has 1 aromatic rings. The lowest BCUT2D eigenvalue weighted by Gasteiger charge is -2.29. The Morgan fingerprint density at radius 3 is 2.40 bits per heavy atom. The highest BCUT2D eigenvalue weighted by atomic mass is 16.5. The second-order valence-corrected chi connectivity index (χ2v) is 5.49. The van der Waals surface area contributed by atoms with E-state index < -0.39 is 0 Å². The van der Waals surface area contributed by atoms with Crippen LogP contribution in [0, 0.1) is 5.92 Å².